The fourth-order valence-corrected chi connectivity index (χ4v) is 8.85. The van der Waals surface area contributed by atoms with Crippen LogP contribution in [0, 0.1) is 52.3 Å². The summed E-state index contributed by atoms with van der Waals surface area (Å²) in [4.78, 5) is 0. The number of allylic oxidation sites excluding steroid dienone is 2. The Morgan fingerprint density at radius 1 is 0.933 bits per heavy atom. The van der Waals surface area contributed by atoms with E-state index in [0.717, 1.165) is 41.4 Å². The van der Waals surface area contributed by atoms with Crippen LogP contribution in [0.15, 0.2) is 11.6 Å². The van der Waals surface area contributed by atoms with Crippen LogP contribution in [-0.2, 0) is 0 Å². The molecule has 0 aliphatic heterocycles. The van der Waals surface area contributed by atoms with Gasteiger partial charge in [0, 0.05) is 5.25 Å². The molecule has 0 aromatic carbocycles. The van der Waals surface area contributed by atoms with Crippen LogP contribution in [0.4, 0.5) is 0 Å². The summed E-state index contributed by atoms with van der Waals surface area (Å²) in [5.74, 6) is 6.48. The molecule has 0 amide bonds. The van der Waals surface area contributed by atoms with Crippen molar-refractivity contribution < 1.29 is 0 Å². The SMILES string of the molecule is CC(C)C.CC(C)CC(C)C1CCC2C3CC=C4CC(S)CCC4(C)C3CCC12C. The molecule has 0 heterocycles. The predicted molar refractivity (Wildman–Crippen MR) is 137 cm³/mol. The Labute approximate surface area is 194 Å². The highest BCUT2D eigenvalue weighted by Gasteiger charge is 2.58. The van der Waals surface area contributed by atoms with Crippen LogP contribution in [-0.4, -0.2) is 5.25 Å². The van der Waals surface area contributed by atoms with Gasteiger partial charge >= 0.3 is 0 Å². The van der Waals surface area contributed by atoms with E-state index in [2.05, 4.69) is 61.5 Å². The molecule has 8 atom stereocenters. The van der Waals surface area contributed by atoms with Crippen LogP contribution in [0.1, 0.15) is 113 Å². The molecule has 174 valence electrons. The zero-order valence-electron chi connectivity index (χ0n) is 21.5. The van der Waals surface area contributed by atoms with E-state index < -0.39 is 0 Å². The minimum atomic E-state index is 0.505. The van der Waals surface area contributed by atoms with Gasteiger partial charge in [-0.1, -0.05) is 67.0 Å². The molecule has 4 rings (SSSR count). The summed E-state index contributed by atoms with van der Waals surface area (Å²) in [5.41, 5.74) is 2.92. The number of fused-ring (bicyclic) bond motifs is 5. The lowest BCUT2D eigenvalue weighted by atomic mass is 9.47. The molecule has 0 bridgehead atoms. The van der Waals surface area contributed by atoms with E-state index in [1.54, 1.807) is 5.57 Å². The first kappa shape index (κ1) is 24.7. The fraction of sp³-hybridized carbons (Fsp3) is 0.931. The van der Waals surface area contributed by atoms with E-state index in [1.165, 1.54) is 57.8 Å². The third kappa shape index (κ3) is 4.72. The van der Waals surface area contributed by atoms with Gasteiger partial charge in [-0.3, -0.25) is 0 Å². The Morgan fingerprint density at radius 3 is 2.23 bits per heavy atom. The van der Waals surface area contributed by atoms with Crippen molar-refractivity contribution in [2.75, 3.05) is 0 Å². The van der Waals surface area contributed by atoms with Crippen molar-refractivity contribution >= 4 is 12.6 Å². The Hall–Kier alpha value is 0.0900. The Morgan fingerprint density at radius 2 is 1.60 bits per heavy atom. The highest BCUT2D eigenvalue weighted by molar-refractivity contribution is 7.80. The predicted octanol–water partition coefficient (Wildman–Crippen LogP) is 9.21. The van der Waals surface area contributed by atoms with Gasteiger partial charge in [-0.05, 0) is 110 Å². The highest BCUT2D eigenvalue weighted by atomic mass is 32.1. The van der Waals surface area contributed by atoms with Gasteiger partial charge in [-0.25, -0.2) is 0 Å². The van der Waals surface area contributed by atoms with Crippen LogP contribution < -0.4 is 0 Å². The second kappa shape index (κ2) is 9.52. The van der Waals surface area contributed by atoms with E-state index in [9.17, 15) is 0 Å². The molecule has 0 N–H and O–H groups in total. The van der Waals surface area contributed by atoms with Gasteiger partial charge in [0.15, 0.2) is 0 Å². The zero-order chi connectivity index (χ0) is 22.3. The summed E-state index contributed by atoms with van der Waals surface area (Å²) in [6, 6.07) is 0. The van der Waals surface area contributed by atoms with Gasteiger partial charge in [0.05, 0.1) is 0 Å². The maximum absolute atomic E-state index is 4.83. The molecule has 0 spiro atoms. The Balaban J connectivity index is 0.000000589. The molecule has 0 saturated heterocycles. The van der Waals surface area contributed by atoms with Crippen molar-refractivity contribution in [3.63, 3.8) is 0 Å². The minimum absolute atomic E-state index is 0.505. The first-order valence-corrected chi connectivity index (χ1v) is 13.9. The van der Waals surface area contributed by atoms with Gasteiger partial charge in [0.2, 0.25) is 0 Å². The summed E-state index contributed by atoms with van der Waals surface area (Å²) in [6.45, 7) is 19.2. The largest absolute Gasteiger partial charge is 0.176 e. The van der Waals surface area contributed by atoms with Crippen molar-refractivity contribution in [3.8, 4) is 0 Å². The third-order valence-electron chi connectivity index (χ3n) is 9.68. The molecular weight excluding hydrogens is 380 g/mol. The number of rotatable bonds is 3. The van der Waals surface area contributed by atoms with Crippen LogP contribution in [0.3, 0.4) is 0 Å². The molecule has 30 heavy (non-hydrogen) atoms. The molecule has 3 fully saturated rings. The molecule has 0 aromatic rings. The molecule has 8 unspecified atom stereocenters. The third-order valence-corrected chi connectivity index (χ3v) is 10.1. The lowest BCUT2D eigenvalue weighted by Crippen LogP contribution is -2.50. The highest BCUT2D eigenvalue weighted by Crippen LogP contribution is 2.67. The van der Waals surface area contributed by atoms with Crippen molar-refractivity contribution in [1.82, 2.24) is 0 Å². The van der Waals surface area contributed by atoms with Crippen LogP contribution in [0.5, 0.6) is 0 Å². The summed E-state index contributed by atoms with van der Waals surface area (Å²) >= 11 is 4.83. The van der Waals surface area contributed by atoms with Crippen molar-refractivity contribution in [2.24, 2.45) is 52.3 Å². The number of hydrogen-bond donors (Lipinski definition) is 1. The van der Waals surface area contributed by atoms with E-state index in [0.29, 0.717) is 16.1 Å². The molecule has 3 saturated carbocycles. The van der Waals surface area contributed by atoms with E-state index in [1.807, 2.05) is 0 Å². The van der Waals surface area contributed by atoms with E-state index in [-0.39, 0.29) is 0 Å². The lowest BCUT2D eigenvalue weighted by molar-refractivity contribution is -0.0503. The summed E-state index contributed by atoms with van der Waals surface area (Å²) in [5, 5.41) is 0.618. The van der Waals surface area contributed by atoms with Crippen molar-refractivity contribution in [2.45, 2.75) is 118 Å². The van der Waals surface area contributed by atoms with E-state index >= 15 is 0 Å². The van der Waals surface area contributed by atoms with Gasteiger partial charge in [0.25, 0.3) is 0 Å². The topological polar surface area (TPSA) is 0 Å². The minimum Gasteiger partial charge on any atom is -0.176 e. The smallest absolute Gasteiger partial charge is 0.00545 e. The standard InChI is InChI=1S/C25H42S.C4H10/c1-16(2)14-17(3)21-8-9-22-20-7-6-18-15-19(26)10-12-24(18,4)23(20)11-13-25(21,22)5;1-4(2)3/h6,16-17,19-23,26H,7-15H2,1-5H3;4H,1-3H3. The first-order chi connectivity index (χ1) is 14.0. The monoisotopic (exact) mass is 432 g/mol. The quantitative estimate of drug-likeness (QED) is 0.333. The molecular formula is C29H52S. The van der Waals surface area contributed by atoms with Gasteiger partial charge in [0.1, 0.15) is 0 Å². The number of thiol groups is 1. The average Bonchev–Trinajstić information content (AvgIpc) is 2.98. The molecule has 0 nitrogen and oxygen atoms in total. The van der Waals surface area contributed by atoms with Crippen molar-refractivity contribution in [3.05, 3.63) is 11.6 Å². The van der Waals surface area contributed by atoms with Crippen molar-refractivity contribution in [1.29, 1.82) is 0 Å². The van der Waals surface area contributed by atoms with Gasteiger partial charge in [-0.15, -0.1) is 0 Å². The normalized spacial score (nSPS) is 43.8. The fourth-order valence-electron chi connectivity index (χ4n) is 8.52. The first-order valence-electron chi connectivity index (χ1n) is 13.4. The molecule has 1 heteroatoms. The lowest BCUT2D eigenvalue weighted by Gasteiger charge is -2.58. The number of hydrogen-bond acceptors (Lipinski definition) is 1. The van der Waals surface area contributed by atoms with Gasteiger partial charge < -0.3 is 0 Å². The average molecular weight is 433 g/mol. The maximum atomic E-state index is 4.83. The summed E-state index contributed by atoms with van der Waals surface area (Å²) < 4.78 is 0. The summed E-state index contributed by atoms with van der Waals surface area (Å²) in [7, 11) is 0. The maximum Gasteiger partial charge on any atom is 0.00545 e. The van der Waals surface area contributed by atoms with Crippen LogP contribution in [0.2, 0.25) is 0 Å². The van der Waals surface area contributed by atoms with Gasteiger partial charge in [-0.2, -0.15) is 12.6 Å². The zero-order valence-corrected chi connectivity index (χ0v) is 22.4. The Kier molecular flexibility index (Phi) is 7.85. The molecule has 0 aromatic heterocycles. The summed E-state index contributed by atoms with van der Waals surface area (Å²) in [6.07, 6.45) is 15.5. The molecule has 4 aliphatic carbocycles. The second-order valence-electron chi connectivity index (χ2n) is 13.2. The van der Waals surface area contributed by atoms with Crippen LogP contribution >= 0.6 is 12.6 Å². The van der Waals surface area contributed by atoms with Crippen LogP contribution in [0.25, 0.3) is 0 Å². The van der Waals surface area contributed by atoms with E-state index in [4.69, 9.17) is 12.6 Å². The second-order valence-corrected chi connectivity index (χ2v) is 14.0. The Bertz CT molecular complexity index is 601. The molecule has 0 radical (unpaired) electrons. The molecule has 4 aliphatic rings.